The Labute approximate surface area is 222 Å². The monoisotopic (exact) mass is 532 g/mol. The largest absolute Gasteiger partial charge is 0.497 e. The lowest BCUT2D eigenvalue weighted by atomic mass is 9.77. The topological polar surface area (TPSA) is 69.2 Å². The fourth-order valence-electron chi connectivity index (χ4n) is 4.69. The van der Waals surface area contributed by atoms with Gasteiger partial charge in [-0.1, -0.05) is 66.7 Å². The SMILES string of the molecule is COc1ccc(C2(c3cccc(-c4cccc(OC)c4)c3)N=C(NOC(=O)C(F)(F)F)c3ccccc32)cc1. The van der Waals surface area contributed by atoms with Gasteiger partial charge in [-0.25, -0.2) is 9.79 Å². The van der Waals surface area contributed by atoms with Crippen molar-refractivity contribution < 1.29 is 32.3 Å². The van der Waals surface area contributed by atoms with E-state index in [1.807, 2.05) is 72.8 Å². The quantitative estimate of drug-likeness (QED) is 0.318. The molecule has 1 aliphatic heterocycles. The van der Waals surface area contributed by atoms with Crippen molar-refractivity contribution in [2.75, 3.05) is 14.2 Å². The zero-order valence-electron chi connectivity index (χ0n) is 21.0. The molecule has 6 nitrogen and oxygen atoms in total. The summed E-state index contributed by atoms with van der Waals surface area (Å²) in [6, 6.07) is 29.7. The molecule has 0 amide bonds. The number of nitrogens with zero attached hydrogens (tertiary/aromatic N) is 1. The number of amidine groups is 1. The second kappa shape index (κ2) is 10.2. The van der Waals surface area contributed by atoms with Crippen molar-refractivity contribution in [1.82, 2.24) is 5.48 Å². The van der Waals surface area contributed by atoms with E-state index in [9.17, 15) is 18.0 Å². The van der Waals surface area contributed by atoms with E-state index in [-0.39, 0.29) is 5.84 Å². The highest BCUT2D eigenvalue weighted by Crippen LogP contribution is 2.47. The molecule has 4 aromatic carbocycles. The molecule has 0 aromatic heterocycles. The van der Waals surface area contributed by atoms with Crippen LogP contribution in [0.3, 0.4) is 0 Å². The standard InChI is InChI=1S/C30H23F3N2O4/c1-37-23-15-13-21(14-16-23)29(22-9-5-7-19(17-22)20-8-6-10-24(18-20)38-2)26-12-4-3-11-25(26)27(34-29)35-39-28(36)30(31,32)33/h3-18H,1-2H3,(H,34,35). The van der Waals surface area contributed by atoms with Crippen molar-refractivity contribution in [3.05, 3.63) is 119 Å². The minimum Gasteiger partial charge on any atom is -0.497 e. The van der Waals surface area contributed by atoms with Crippen LogP contribution < -0.4 is 15.0 Å². The molecule has 1 aliphatic rings. The van der Waals surface area contributed by atoms with Gasteiger partial charge in [0.1, 0.15) is 17.0 Å². The van der Waals surface area contributed by atoms with Crippen LogP contribution in [0.1, 0.15) is 22.3 Å². The fourth-order valence-corrected chi connectivity index (χ4v) is 4.69. The molecule has 0 aliphatic carbocycles. The molecule has 0 fully saturated rings. The van der Waals surface area contributed by atoms with Crippen molar-refractivity contribution in [1.29, 1.82) is 0 Å². The van der Waals surface area contributed by atoms with E-state index in [0.717, 1.165) is 22.3 Å². The number of halogens is 3. The molecule has 1 atom stereocenters. The molecule has 0 spiro atoms. The lowest BCUT2D eigenvalue weighted by Gasteiger charge is -2.29. The zero-order valence-corrected chi connectivity index (χ0v) is 21.0. The average molecular weight is 533 g/mol. The Bertz CT molecular complexity index is 1550. The van der Waals surface area contributed by atoms with E-state index in [1.54, 1.807) is 38.5 Å². The second-order valence-electron chi connectivity index (χ2n) is 8.75. The molecule has 198 valence electrons. The predicted molar refractivity (Wildman–Crippen MR) is 140 cm³/mol. The average Bonchev–Trinajstić information content (AvgIpc) is 3.31. The van der Waals surface area contributed by atoms with Gasteiger partial charge < -0.3 is 14.3 Å². The van der Waals surface area contributed by atoms with Crippen molar-refractivity contribution in [3.8, 4) is 22.6 Å². The van der Waals surface area contributed by atoms with Crippen LogP contribution in [0.5, 0.6) is 11.5 Å². The summed E-state index contributed by atoms with van der Waals surface area (Å²) in [5.41, 5.74) is 5.46. The number of ether oxygens (including phenoxy) is 2. The summed E-state index contributed by atoms with van der Waals surface area (Å²) in [5, 5.41) is 0. The number of carbonyl (C=O) groups is 1. The Morgan fingerprint density at radius 3 is 2.13 bits per heavy atom. The summed E-state index contributed by atoms with van der Waals surface area (Å²) < 4.78 is 49.3. The van der Waals surface area contributed by atoms with Crippen LogP contribution in [0, 0.1) is 0 Å². The van der Waals surface area contributed by atoms with Gasteiger partial charge in [0.25, 0.3) is 0 Å². The van der Waals surface area contributed by atoms with Crippen LogP contribution in [0.2, 0.25) is 0 Å². The van der Waals surface area contributed by atoms with E-state index in [2.05, 4.69) is 10.3 Å². The molecule has 0 radical (unpaired) electrons. The minimum absolute atomic E-state index is 0.00852. The number of methoxy groups -OCH3 is 2. The predicted octanol–water partition coefficient (Wildman–Crippen LogP) is 6.03. The summed E-state index contributed by atoms with van der Waals surface area (Å²) >= 11 is 0. The smallest absolute Gasteiger partial charge is 0.493 e. The fraction of sp³-hybridized carbons (Fsp3) is 0.133. The van der Waals surface area contributed by atoms with Crippen LogP contribution in [-0.2, 0) is 15.2 Å². The zero-order chi connectivity index (χ0) is 27.6. The van der Waals surface area contributed by atoms with Gasteiger partial charge in [0.2, 0.25) is 0 Å². The number of hydroxylamine groups is 1. The first-order chi connectivity index (χ1) is 18.8. The number of aliphatic imine (C=N–C) groups is 1. The molecular formula is C30H23F3N2O4. The van der Waals surface area contributed by atoms with E-state index in [0.29, 0.717) is 22.6 Å². The summed E-state index contributed by atoms with van der Waals surface area (Å²) in [5.74, 6) is -1.05. The number of nitrogens with one attached hydrogen (secondary N) is 1. The number of hydrogen-bond acceptors (Lipinski definition) is 6. The van der Waals surface area contributed by atoms with Crippen LogP contribution in [-0.4, -0.2) is 32.2 Å². The van der Waals surface area contributed by atoms with Gasteiger partial charge in [-0.3, -0.25) is 0 Å². The van der Waals surface area contributed by atoms with E-state index in [1.165, 1.54) is 0 Å². The van der Waals surface area contributed by atoms with Crippen molar-refractivity contribution >= 4 is 11.8 Å². The van der Waals surface area contributed by atoms with E-state index in [4.69, 9.17) is 14.5 Å². The van der Waals surface area contributed by atoms with Gasteiger partial charge in [-0.15, -0.1) is 0 Å². The first kappa shape index (κ1) is 25.8. The Balaban J connectivity index is 1.70. The third kappa shape index (κ3) is 4.79. The first-order valence-corrected chi connectivity index (χ1v) is 11.9. The molecule has 0 bridgehead atoms. The molecule has 1 heterocycles. The Morgan fingerprint density at radius 1 is 0.769 bits per heavy atom. The highest BCUT2D eigenvalue weighted by molar-refractivity contribution is 6.04. The van der Waals surface area contributed by atoms with Gasteiger partial charge in [0, 0.05) is 5.56 Å². The normalized spacial score (nSPS) is 16.2. The molecule has 5 rings (SSSR count). The third-order valence-electron chi connectivity index (χ3n) is 6.51. The van der Waals surface area contributed by atoms with Crippen LogP contribution in [0.4, 0.5) is 13.2 Å². The Hall–Kier alpha value is -4.79. The van der Waals surface area contributed by atoms with Crippen molar-refractivity contribution in [3.63, 3.8) is 0 Å². The van der Waals surface area contributed by atoms with Gasteiger partial charge in [0.05, 0.1) is 14.2 Å². The minimum atomic E-state index is -5.16. The number of benzene rings is 4. The Morgan fingerprint density at radius 2 is 1.44 bits per heavy atom. The Kier molecular flexibility index (Phi) is 6.74. The van der Waals surface area contributed by atoms with Crippen molar-refractivity contribution in [2.24, 2.45) is 4.99 Å². The maximum atomic E-state index is 12.9. The number of carbonyl (C=O) groups excluding carboxylic acids is 1. The van der Waals surface area contributed by atoms with Gasteiger partial charge in [-0.05, 0) is 58.1 Å². The summed E-state index contributed by atoms with van der Waals surface area (Å²) in [4.78, 5) is 20.8. The number of rotatable bonds is 5. The van der Waals surface area contributed by atoms with E-state index >= 15 is 0 Å². The van der Waals surface area contributed by atoms with Crippen LogP contribution in [0.25, 0.3) is 11.1 Å². The number of fused-ring (bicyclic) bond motifs is 1. The van der Waals surface area contributed by atoms with Crippen LogP contribution in [0.15, 0.2) is 102 Å². The maximum Gasteiger partial charge on any atom is 0.493 e. The van der Waals surface area contributed by atoms with E-state index < -0.39 is 17.7 Å². The summed E-state index contributed by atoms with van der Waals surface area (Å²) in [7, 11) is 3.15. The molecule has 4 aromatic rings. The first-order valence-electron chi connectivity index (χ1n) is 11.9. The van der Waals surface area contributed by atoms with Crippen molar-refractivity contribution in [2.45, 2.75) is 11.7 Å². The highest BCUT2D eigenvalue weighted by Gasteiger charge is 2.45. The molecule has 39 heavy (non-hydrogen) atoms. The molecule has 1 N–H and O–H groups in total. The van der Waals surface area contributed by atoms with Crippen LogP contribution >= 0.6 is 0 Å². The lowest BCUT2D eigenvalue weighted by Crippen LogP contribution is -2.34. The van der Waals surface area contributed by atoms with Gasteiger partial charge >= 0.3 is 12.1 Å². The van der Waals surface area contributed by atoms with Gasteiger partial charge in [0.15, 0.2) is 5.84 Å². The summed E-state index contributed by atoms with van der Waals surface area (Å²) in [6.45, 7) is 0. The number of alkyl halides is 3. The molecule has 1 unspecified atom stereocenters. The summed E-state index contributed by atoms with van der Waals surface area (Å²) in [6.07, 6.45) is -5.16. The molecular weight excluding hydrogens is 509 g/mol. The second-order valence-corrected chi connectivity index (χ2v) is 8.75. The highest BCUT2D eigenvalue weighted by atomic mass is 19.4. The molecule has 0 saturated carbocycles. The molecule has 9 heteroatoms. The lowest BCUT2D eigenvalue weighted by molar-refractivity contribution is -0.203. The maximum absolute atomic E-state index is 12.9. The van der Waals surface area contributed by atoms with Gasteiger partial charge in [-0.2, -0.15) is 18.7 Å². The molecule has 0 saturated heterocycles. The number of hydrogen-bond donors (Lipinski definition) is 1. The third-order valence-corrected chi connectivity index (χ3v) is 6.51.